The minimum absolute atomic E-state index is 0.0362. The normalized spacial score (nSPS) is 22.9. The van der Waals surface area contributed by atoms with Crippen LogP contribution in [0.4, 0.5) is 16.2 Å². The maximum atomic E-state index is 16.0. The summed E-state index contributed by atoms with van der Waals surface area (Å²) in [4.78, 5) is 73.9. The second kappa shape index (κ2) is 17.3. The number of benzene rings is 5. The predicted octanol–water partition coefficient (Wildman–Crippen LogP) is 7.30. The Balaban J connectivity index is 1.38. The Morgan fingerprint density at radius 3 is 2.23 bits per heavy atom. The molecule has 0 aliphatic carbocycles. The maximum absolute atomic E-state index is 16.0. The van der Waals surface area contributed by atoms with Crippen LogP contribution in [0.15, 0.2) is 140 Å². The molecule has 2 amide bonds. The Morgan fingerprint density at radius 2 is 1.56 bits per heavy atom. The largest absolute Gasteiger partial charge is 0.491 e. The highest BCUT2D eigenvalue weighted by Gasteiger charge is 2.76. The van der Waals surface area contributed by atoms with Gasteiger partial charge in [-0.3, -0.25) is 29.4 Å². The monoisotopic (exact) mass is 935 g/mol. The van der Waals surface area contributed by atoms with E-state index >= 15 is 4.79 Å². The fourth-order valence-electron chi connectivity index (χ4n) is 8.92. The number of nitrogens with zero attached hydrogens (tertiary/aromatic N) is 3. The summed E-state index contributed by atoms with van der Waals surface area (Å²) in [7, 11) is 0. The van der Waals surface area contributed by atoms with E-state index in [1.165, 1.54) is 30.3 Å². The first-order valence-corrected chi connectivity index (χ1v) is 20.4. The van der Waals surface area contributed by atoms with Crippen LogP contribution >= 0.6 is 22.6 Å². The van der Waals surface area contributed by atoms with Crippen molar-refractivity contribution in [3.8, 4) is 5.75 Å². The van der Waals surface area contributed by atoms with Gasteiger partial charge in [0.15, 0.2) is 0 Å². The molecule has 2 saturated heterocycles. The number of halogens is 1. The molecule has 0 bridgehead atoms. The van der Waals surface area contributed by atoms with Gasteiger partial charge in [0.25, 0.3) is 5.69 Å². The average Bonchev–Trinajstić information content (AvgIpc) is 3.73. The van der Waals surface area contributed by atoms with Crippen molar-refractivity contribution in [1.29, 1.82) is 0 Å². The second-order valence-corrected chi connectivity index (χ2v) is 15.9. The van der Waals surface area contributed by atoms with Gasteiger partial charge < -0.3 is 24.1 Å². The second-order valence-electron chi connectivity index (χ2n) is 14.6. The van der Waals surface area contributed by atoms with Gasteiger partial charge in [-0.2, -0.15) is 0 Å². The topological polar surface area (TPSA) is 175 Å². The lowest BCUT2D eigenvalue weighted by Crippen LogP contribution is -2.53. The number of nitro benzene ring substituents is 1. The summed E-state index contributed by atoms with van der Waals surface area (Å²) in [5, 5.41) is 20.9. The third-order valence-electron chi connectivity index (χ3n) is 11.2. The Hall–Kier alpha value is -6.43. The molecule has 61 heavy (non-hydrogen) atoms. The smallest absolute Gasteiger partial charge is 0.421 e. The van der Waals surface area contributed by atoms with Gasteiger partial charge in [0.2, 0.25) is 5.91 Å². The van der Waals surface area contributed by atoms with Crippen LogP contribution in [0.1, 0.15) is 46.0 Å². The van der Waals surface area contributed by atoms with Crippen molar-refractivity contribution < 1.29 is 48.2 Å². The van der Waals surface area contributed by atoms with Crippen molar-refractivity contribution >= 4 is 57.9 Å². The van der Waals surface area contributed by atoms with Gasteiger partial charge >= 0.3 is 18.0 Å². The first-order chi connectivity index (χ1) is 29.6. The molecule has 1 spiro atoms. The Kier molecular flexibility index (Phi) is 11.7. The molecule has 15 heteroatoms. The van der Waals surface area contributed by atoms with Crippen molar-refractivity contribution in [3.05, 3.63) is 182 Å². The summed E-state index contributed by atoms with van der Waals surface area (Å²) < 4.78 is 24.5. The number of anilines is 1. The van der Waals surface area contributed by atoms with E-state index in [9.17, 15) is 29.6 Å². The van der Waals surface area contributed by atoms with Gasteiger partial charge in [-0.25, -0.2) is 9.69 Å². The number of carbonyl (C=O) groups is 4. The Bertz CT molecular complexity index is 2500. The number of rotatable bonds is 12. The van der Waals surface area contributed by atoms with Crippen LogP contribution in [-0.4, -0.2) is 64.7 Å². The molecule has 6 atom stereocenters. The van der Waals surface area contributed by atoms with Crippen molar-refractivity contribution in [2.45, 2.75) is 36.3 Å². The number of morpholine rings is 1. The number of esters is 2. The molecule has 3 aliphatic rings. The number of amides is 2. The highest BCUT2D eigenvalue weighted by atomic mass is 127. The zero-order chi connectivity index (χ0) is 42.8. The van der Waals surface area contributed by atoms with E-state index in [1.54, 1.807) is 42.5 Å². The van der Waals surface area contributed by atoms with Crippen LogP contribution in [0, 0.1) is 19.6 Å². The third-order valence-corrected chi connectivity index (χ3v) is 11.9. The number of aliphatic hydroxyl groups excluding tert-OH is 1. The molecule has 5 aromatic carbocycles. The minimum atomic E-state index is -2.06. The molecule has 3 aliphatic heterocycles. The van der Waals surface area contributed by atoms with Gasteiger partial charge in [0.1, 0.15) is 49.0 Å². The van der Waals surface area contributed by atoms with Crippen molar-refractivity contribution in [1.82, 2.24) is 4.90 Å². The van der Waals surface area contributed by atoms with E-state index in [0.29, 0.717) is 26.0 Å². The summed E-state index contributed by atoms with van der Waals surface area (Å²) >= 11 is 2.09. The number of carbonyl (C=O) groups excluding carboxylic acids is 4. The van der Waals surface area contributed by atoms with Crippen LogP contribution in [-0.2, 0) is 40.6 Å². The zero-order valence-electron chi connectivity index (χ0n) is 32.4. The molecule has 3 heterocycles. The van der Waals surface area contributed by atoms with Crippen molar-refractivity contribution in [3.63, 3.8) is 0 Å². The molecule has 8 rings (SSSR count). The standard InChI is InChI=1S/C46H38IN3O11/c1-2-23-59-42(52)37-39-43(53)61-40(30-12-7-4-8-13-30)38(29-10-5-3-6-11-29)49(39)41(31-14-9-15-34(25-31)58-24-22-51)46(37)35-26-32(47)18-21-36(35)48(44(46)54)45(55)60-27-28-16-19-33(20-17-28)50(56)57/h2-21,25-26,37-41,51H,1,22-24,27H2. The Morgan fingerprint density at radius 1 is 0.869 bits per heavy atom. The fourth-order valence-corrected chi connectivity index (χ4v) is 9.41. The Labute approximate surface area is 363 Å². The van der Waals surface area contributed by atoms with E-state index in [0.717, 1.165) is 10.5 Å². The minimum Gasteiger partial charge on any atom is -0.491 e. The zero-order valence-corrected chi connectivity index (χ0v) is 34.5. The average molecular weight is 936 g/mol. The molecular formula is C46H38IN3O11. The molecule has 2 fully saturated rings. The molecule has 6 unspecified atom stereocenters. The van der Waals surface area contributed by atoms with E-state index < -0.39 is 64.4 Å². The predicted molar refractivity (Wildman–Crippen MR) is 228 cm³/mol. The third kappa shape index (κ3) is 7.31. The SMILES string of the molecule is C=CCOC(=O)C1C2C(=O)OC(c3ccccc3)C(c3ccccc3)N2C(c2cccc(OCCO)c2)C12C(=O)N(C(=O)OCc1ccc([N+](=O)[O-])cc1)c1ccc(I)cc12. The number of imide groups is 1. The highest BCUT2D eigenvalue weighted by molar-refractivity contribution is 14.1. The summed E-state index contributed by atoms with van der Waals surface area (Å²) in [6.45, 7) is 2.81. The molecule has 0 radical (unpaired) electrons. The van der Waals surface area contributed by atoms with Crippen LogP contribution in [0.5, 0.6) is 5.75 Å². The quantitative estimate of drug-likeness (QED) is 0.0331. The number of hydrogen-bond donors (Lipinski definition) is 1. The molecule has 5 aromatic rings. The number of ether oxygens (including phenoxy) is 4. The van der Waals surface area contributed by atoms with Crippen LogP contribution in [0.25, 0.3) is 0 Å². The van der Waals surface area contributed by atoms with Crippen LogP contribution in [0.2, 0.25) is 0 Å². The summed E-state index contributed by atoms with van der Waals surface area (Å²) in [6, 6.07) is 32.4. The number of non-ortho nitro benzene ring substituents is 1. The van der Waals surface area contributed by atoms with Gasteiger partial charge in [-0.15, -0.1) is 0 Å². The summed E-state index contributed by atoms with van der Waals surface area (Å²) in [6.07, 6.45) is -0.629. The van der Waals surface area contributed by atoms with Crippen LogP contribution < -0.4 is 9.64 Å². The molecule has 0 saturated carbocycles. The van der Waals surface area contributed by atoms with E-state index in [-0.39, 0.29) is 43.4 Å². The van der Waals surface area contributed by atoms with E-state index in [2.05, 4.69) is 29.2 Å². The lowest BCUT2D eigenvalue weighted by atomic mass is 9.65. The fraction of sp³-hybridized carbons (Fsp3) is 0.217. The highest BCUT2D eigenvalue weighted by Crippen LogP contribution is 2.66. The lowest BCUT2D eigenvalue weighted by molar-refractivity contribution is -0.384. The van der Waals surface area contributed by atoms with Gasteiger partial charge in [0.05, 0.1) is 29.3 Å². The summed E-state index contributed by atoms with van der Waals surface area (Å²) in [5.41, 5.74) is 0.454. The first-order valence-electron chi connectivity index (χ1n) is 19.3. The summed E-state index contributed by atoms with van der Waals surface area (Å²) in [5.74, 6) is -3.79. The van der Waals surface area contributed by atoms with Gasteiger partial charge in [-0.1, -0.05) is 85.5 Å². The van der Waals surface area contributed by atoms with Crippen molar-refractivity contribution in [2.75, 3.05) is 24.7 Å². The number of cyclic esters (lactones) is 1. The molecule has 0 aromatic heterocycles. The number of aliphatic hydroxyl groups is 1. The van der Waals surface area contributed by atoms with Crippen LogP contribution in [0.3, 0.4) is 0 Å². The van der Waals surface area contributed by atoms with Gasteiger partial charge in [0, 0.05) is 15.7 Å². The maximum Gasteiger partial charge on any atom is 0.421 e. The van der Waals surface area contributed by atoms with Gasteiger partial charge in [-0.05, 0) is 92.9 Å². The molecule has 310 valence electrons. The number of fused-ring (bicyclic) bond motifs is 3. The number of hydrogen-bond acceptors (Lipinski definition) is 12. The first kappa shape index (κ1) is 41.3. The van der Waals surface area contributed by atoms with E-state index in [4.69, 9.17) is 18.9 Å². The number of nitro groups is 1. The van der Waals surface area contributed by atoms with E-state index in [1.807, 2.05) is 65.6 Å². The molecular weight excluding hydrogens is 897 g/mol. The molecule has 1 N–H and O–H groups in total. The molecule has 14 nitrogen and oxygen atoms in total. The lowest BCUT2D eigenvalue weighted by Gasteiger charge is -2.46. The van der Waals surface area contributed by atoms with Crippen molar-refractivity contribution in [2.24, 2.45) is 5.92 Å².